The first kappa shape index (κ1) is 17.0. The summed E-state index contributed by atoms with van der Waals surface area (Å²) < 4.78 is 5.48. The SMILES string of the molecule is CCOc1ccc(Cl)c(CCCCCC(=O)C(C)C)c1. The van der Waals surface area contributed by atoms with E-state index in [1.165, 1.54) is 0 Å². The predicted molar refractivity (Wildman–Crippen MR) is 84.6 cm³/mol. The smallest absolute Gasteiger partial charge is 0.135 e. The Hall–Kier alpha value is -1.02. The molecule has 0 saturated heterocycles. The Bertz CT molecular complexity index is 427. The molecule has 1 aromatic rings. The van der Waals surface area contributed by atoms with Gasteiger partial charge >= 0.3 is 0 Å². The highest BCUT2D eigenvalue weighted by molar-refractivity contribution is 6.31. The summed E-state index contributed by atoms with van der Waals surface area (Å²) >= 11 is 6.19. The lowest BCUT2D eigenvalue weighted by atomic mass is 10.0. The van der Waals surface area contributed by atoms with Gasteiger partial charge in [0.2, 0.25) is 0 Å². The first-order chi connectivity index (χ1) is 9.54. The summed E-state index contributed by atoms with van der Waals surface area (Å²) in [5, 5.41) is 0.798. The van der Waals surface area contributed by atoms with Crippen LogP contribution < -0.4 is 4.74 Å². The molecular weight excluding hydrogens is 272 g/mol. The molecule has 0 radical (unpaired) electrons. The van der Waals surface area contributed by atoms with Crippen LogP contribution in [0.4, 0.5) is 0 Å². The second kappa shape index (κ2) is 9.02. The highest BCUT2D eigenvalue weighted by Crippen LogP contribution is 2.24. The summed E-state index contributed by atoms with van der Waals surface area (Å²) in [5.41, 5.74) is 1.13. The minimum absolute atomic E-state index is 0.160. The molecule has 1 aromatic carbocycles. The number of carbonyl (C=O) groups is 1. The van der Waals surface area contributed by atoms with Gasteiger partial charge in [-0.1, -0.05) is 31.9 Å². The number of unbranched alkanes of at least 4 members (excludes halogenated alkanes) is 2. The number of ether oxygens (including phenoxy) is 1. The molecule has 0 amide bonds. The maximum absolute atomic E-state index is 11.5. The first-order valence-electron chi connectivity index (χ1n) is 7.48. The predicted octanol–water partition coefficient (Wildman–Crippen LogP) is 5.07. The average Bonchev–Trinajstić information content (AvgIpc) is 2.41. The number of rotatable bonds is 9. The van der Waals surface area contributed by atoms with E-state index >= 15 is 0 Å². The van der Waals surface area contributed by atoms with Crippen molar-refractivity contribution in [3.8, 4) is 5.75 Å². The molecule has 0 aliphatic carbocycles. The average molecular weight is 297 g/mol. The van der Waals surface area contributed by atoms with Crippen LogP contribution in [0.3, 0.4) is 0 Å². The Morgan fingerprint density at radius 3 is 2.65 bits per heavy atom. The van der Waals surface area contributed by atoms with Crippen molar-refractivity contribution in [3.63, 3.8) is 0 Å². The molecule has 0 fully saturated rings. The van der Waals surface area contributed by atoms with Crippen molar-refractivity contribution in [1.29, 1.82) is 0 Å². The van der Waals surface area contributed by atoms with Gasteiger partial charge in [-0.2, -0.15) is 0 Å². The van der Waals surface area contributed by atoms with Crippen LogP contribution in [0.15, 0.2) is 18.2 Å². The van der Waals surface area contributed by atoms with E-state index in [1.54, 1.807) is 0 Å². The lowest BCUT2D eigenvalue weighted by Crippen LogP contribution is -2.06. The van der Waals surface area contributed by atoms with Gasteiger partial charge in [-0.05, 0) is 49.9 Å². The zero-order valence-corrected chi connectivity index (χ0v) is 13.5. The van der Waals surface area contributed by atoms with Crippen LogP contribution in [0.1, 0.15) is 52.0 Å². The quantitative estimate of drug-likeness (QED) is 0.595. The largest absolute Gasteiger partial charge is 0.494 e. The lowest BCUT2D eigenvalue weighted by molar-refractivity contribution is -0.122. The molecule has 0 atom stereocenters. The maximum atomic E-state index is 11.5. The van der Waals surface area contributed by atoms with Crippen molar-refractivity contribution >= 4 is 17.4 Å². The van der Waals surface area contributed by atoms with Crippen molar-refractivity contribution in [2.45, 2.75) is 52.9 Å². The Kier molecular flexibility index (Phi) is 7.68. The number of halogens is 1. The second-order valence-corrected chi connectivity index (χ2v) is 5.78. The standard InChI is InChI=1S/C17H25ClO2/c1-4-20-15-10-11-16(18)14(12-15)8-6-5-7-9-17(19)13(2)3/h10-13H,4-9H2,1-3H3. The monoisotopic (exact) mass is 296 g/mol. The zero-order valence-electron chi connectivity index (χ0n) is 12.7. The molecule has 0 N–H and O–H groups in total. The molecule has 3 heteroatoms. The van der Waals surface area contributed by atoms with Gasteiger partial charge < -0.3 is 4.74 Å². The molecule has 0 spiro atoms. The molecule has 0 bridgehead atoms. The molecule has 0 saturated carbocycles. The van der Waals surface area contributed by atoms with E-state index in [2.05, 4.69) is 0 Å². The first-order valence-corrected chi connectivity index (χ1v) is 7.86. The van der Waals surface area contributed by atoms with Gasteiger partial charge in [-0.25, -0.2) is 0 Å². The van der Waals surface area contributed by atoms with Crippen molar-refractivity contribution in [2.24, 2.45) is 5.92 Å². The second-order valence-electron chi connectivity index (χ2n) is 5.37. The molecule has 2 nitrogen and oxygen atoms in total. The summed E-state index contributed by atoms with van der Waals surface area (Å²) in [6.07, 6.45) is 4.73. The van der Waals surface area contributed by atoms with Gasteiger partial charge in [-0.15, -0.1) is 0 Å². The van der Waals surface area contributed by atoms with Crippen molar-refractivity contribution in [3.05, 3.63) is 28.8 Å². The number of hydrogen-bond donors (Lipinski definition) is 0. The summed E-state index contributed by atoms with van der Waals surface area (Å²) in [4.78, 5) is 11.5. The molecule has 0 aromatic heterocycles. The van der Waals surface area contributed by atoms with Gasteiger partial charge in [0.1, 0.15) is 11.5 Å². The highest BCUT2D eigenvalue weighted by atomic mass is 35.5. The fourth-order valence-corrected chi connectivity index (χ4v) is 2.29. The zero-order chi connectivity index (χ0) is 15.0. The van der Waals surface area contributed by atoms with Crippen LogP contribution in [0.2, 0.25) is 5.02 Å². The van der Waals surface area contributed by atoms with E-state index in [0.717, 1.165) is 42.0 Å². The van der Waals surface area contributed by atoms with Gasteiger partial charge in [-0.3, -0.25) is 4.79 Å². The van der Waals surface area contributed by atoms with E-state index in [-0.39, 0.29) is 5.92 Å². The fraction of sp³-hybridized carbons (Fsp3) is 0.588. The summed E-state index contributed by atoms with van der Waals surface area (Å²) in [7, 11) is 0. The number of benzene rings is 1. The van der Waals surface area contributed by atoms with Gasteiger partial charge in [0.15, 0.2) is 0 Å². The van der Waals surface area contributed by atoms with Crippen molar-refractivity contribution in [2.75, 3.05) is 6.61 Å². The number of hydrogen-bond acceptors (Lipinski definition) is 2. The molecule has 112 valence electrons. The minimum atomic E-state index is 0.160. The molecule has 1 rings (SSSR count). The van der Waals surface area contributed by atoms with Gasteiger partial charge in [0.05, 0.1) is 6.61 Å². The molecule has 0 heterocycles. The Morgan fingerprint density at radius 2 is 2.00 bits per heavy atom. The Labute approximate surface area is 127 Å². The number of ketones is 1. The maximum Gasteiger partial charge on any atom is 0.135 e. The van der Waals surface area contributed by atoms with Gasteiger partial charge in [0.25, 0.3) is 0 Å². The third kappa shape index (κ3) is 5.96. The van der Waals surface area contributed by atoms with Gasteiger partial charge in [0, 0.05) is 17.4 Å². The Balaban J connectivity index is 2.34. The topological polar surface area (TPSA) is 26.3 Å². The van der Waals surface area contributed by atoms with Crippen LogP contribution >= 0.6 is 11.6 Å². The van der Waals surface area contributed by atoms with E-state index in [9.17, 15) is 4.79 Å². The summed E-state index contributed by atoms with van der Waals surface area (Å²) in [6.45, 7) is 6.56. The minimum Gasteiger partial charge on any atom is -0.494 e. The fourth-order valence-electron chi connectivity index (χ4n) is 2.08. The van der Waals surface area contributed by atoms with E-state index < -0.39 is 0 Å². The van der Waals surface area contributed by atoms with Crippen LogP contribution in [0, 0.1) is 5.92 Å². The number of aryl methyl sites for hydroxylation is 1. The highest BCUT2D eigenvalue weighted by Gasteiger charge is 2.07. The Morgan fingerprint density at radius 1 is 1.25 bits per heavy atom. The van der Waals surface area contributed by atoms with Crippen LogP contribution in [-0.2, 0) is 11.2 Å². The van der Waals surface area contributed by atoms with Crippen LogP contribution in [-0.4, -0.2) is 12.4 Å². The molecule has 0 unspecified atom stereocenters. The van der Waals surface area contributed by atoms with Crippen molar-refractivity contribution < 1.29 is 9.53 Å². The molecule has 0 aliphatic rings. The lowest BCUT2D eigenvalue weighted by Gasteiger charge is -2.08. The number of Topliss-reactive ketones (excluding diaryl/α,β-unsaturated/α-hetero) is 1. The van der Waals surface area contributed by atoms with Crippen molar-refractivity contribution in [1.82, 2.24) is 0 Å². The molecule has 20 heavy (non-hydrogen) atoms. The van der Waals surface area contributed by atoms with E-state index in [4.69, 9.17) is 16.3 Å². The molecular formula is C17H25ClO2. The third-order valence-corrected chi connectivity index (χ3v) is 3.71. The van der Waals surface area contributed by atoms with Crippen LogP contribution in [0.25, 0.3) is 0 Å². The third-order valence-electron chi connectivity index (χ3n) is 3.34. The normalized spacial score (nSPS) is 10.8. The summed E-state index contributed by atoms with van der Waals surface area (Å²) in [6, 6.07) is 5.81. The van der Waals surface area contributed by atoms with Crippen LogP contribution in [0.5, 0.6) is 5.75 Å². The number of carbonyl (C=O) groups excluding carboxylic acids is 1. The molecule has 0 aliphatic heterocycles. The summed E-state index contributed by atoms with van der Waals surface area (Å²) in [5.74, 6) is 1.40. The van der Waals surface area contributed by atoms with E-state index in [1.807, 2.05) is 39.0 Å². The van der Waals surface area contributed by atoms with E-state index in [0.29, 0.717) is 18.8 Å².